The molecule has 0 spiro atoms. The van der Waals surface area contributed by atoms with Gasteiger partial charge in [-0.05, 0) is 24.0 Å². The molecule has 0 saturated heterocycles. The SMILES string of the molecule is CCC1(n2ccc(N)nc2=O)C=CC=C(C(C)C)C=C1. The van der Waals surface area contributed by atoms with Crippen LogP contribution >= 0.6 is 0 Å². The summed E-state index contributed by atoms with van der Waals surface area (Å²) < 4.78 is 1.63. The Morgan fingerprint density at radius 2 is 2.15 bits per heavy atom. The van der Waals surface area contributed by atoms with Crippen LogP contribution in [0.25, 0.3) is 0 Å². The van der Waals surface area contributed by atoms with Gasteiger partial charge in [0.15, 0.2) is 0 Å². The van der Waals surface area contributed by atoms with Crippen molar-refractivity contribution in [2.45, 2.75) is 32.7 Å². The first-order valence-corrected chi connectivity index (χ1v) is 6.93. The summed E-state index contributed by atoms with van der Waals surface area (Å²) in [5, 5.41) is 0. The molecule has 20 heavy (non-hydrogen) atoms. The predicted molar refractivity (Wildman–Crippen MR) is 82.4 cm³/mol. The Balaban J connectivity index is 2.52. The highest BCUT2D eigenvalue weighted by atomic mass is 16.1. The van der Waals surface area contributed by atoms with E-state index in [1.165, 1.54) is 5.57 Å². The zero-order valence-corrected chi connectivity index (χ0v) is 12.2. The van der Waals surface area contributed by atoms with Gasteiger partial charge in [-0.15, -0.1) is 0 Å². The van der Waals surface area contributed by atoms with Crippen molar-refractivity contribution >= 4 is 5.82 Å². The quantitative estimate of drug-likeness (QED) is 0.919. The molecule has 4 nitrogen and oxygen atoms in total. The fourth-order valence-corrected chi connectivity index (χ4v) is 2.36. The highest BCUT2D eigenvalue weighted by Gasteiger charge is 2.26. The van der Waals surface area contributed by atoms with Crippen LogP contribution in [0.2, 0.25) is 0 Å². The number of anilines is 1. The Morgan fingerprint density at radius 3 is 2.75 bits per heavy atom. The van der Waals surface area contributed by atoms with Crippen LogP contribution in [-0.2, 0) is 5.54 Å². The van der Waals surface area contributed by atoms with Crippen LogP contribution in [-0.4, -0.2) is 9.55 Å². The van der Waals surface area contributed by atoms with Crippen molar-refractivity contribution in [3.8, 4) is 0 Å². The molecular weight excluding hydrogens is 250 g/mol. The Kier molecular flexibility index (Phi) is 3.93. The molecule has 2 N–H and O–H groups in total. The van der Waals surface area contributed by atoms with E-state index in [1.807, 2.05) is 12.2 Å². The van der Waals surface area contributed by atoms with Gasteiger partial charge >= 0.3 is 5.69 Å². The summed E-state index contributed by atoms with van der Waals surface area (Å²) in [7, 11) is 0. The molecule has 0 bridgehead atoms. The maximum Gasteiger partial charge on any atom is 0.350 e. The van der Waals surface area contributed by atoms with Gasteiger partial charge in [-0.1, -0.05) is 51.2 Å². The summed E-state index contributed by atoms with van der Waals surface area (Å²) in [6.45, 7) is 6.36. The smallest absolute Gasteiger partial charge is 0.350 e. The lowest BCUT2D eigenvalue weighted by Crippen LogP contribution is -2.38. The standard InChI is InChI=1S/C16H21N3O/c1-4-16(19-11-8-14(17)18-15(19)20)9-5-6-13(7-10-16)12(2)3/h5-12H,4H2,1-3H3,(H2,17,18,20). The van der Waals surface area contributed by atoms with Crippen molar-refractivity contribution in [2.75, 3.05) is 5.73 Å². The summed E-state index contributed by atoms with van der Waals surface area (Å²) in [6.07, 6.45) is 12.8. The number of hydrogen-bond acceptors (Lipinski definition) is 3. The van der Waals surface area contributed by atoms with E-state index in [-0.39, 0.29) is 11.5 Å². The van der Waals surface area contributed by atoms with Gasteiger partial charge in [0.1, 0.15) is 5.82 Å². The zero-order valence-electron chi connectivity index (χ0n) is 12.2. The first kappa shape index (κ1) is 14.3. The molecule has 0 amide bonds. The Labute approximate surface area is 119 Å². The van der Waals surface area contributed by atoms with Gasteiger partial charge in [0.05, 0.1) is 5.54 Å². The highest BCUT2D eigenvalue weighted by molar-refractivity contribution is 5.35. The Morgan fingerprint density at radius 1 is 1.40 bits per heavy atom. The van der Waals surface area contributed by atoms with Gasteiger partial charge in [0.25, 0.3) is 0 Å². The molecule has 0 fully saturated rings. The maximum atomic E-state index is 12.1. The minimum Gasteiger partial charge on any atom is -0.383 e. The van der Waals surface area contributed by atoms with E-state index < -0.39 is 5.54 Å². The molecule has 1 atom stereocenters. The van der Waals surface area contributed by atoms with Gasteiger partial charge < -0.3 is 5.73 Å². The Hall–Kier alpha value is -2.10. The van der Waals surface area contributed by atoms with Crippen molar-refractivity contribution in [3.05, 3.63) is 58.7 Å². The molecule has 1 unspecified atom stereocenters. The maximum absolute atomic E-state index is 12.1. The number of nitrogen functional groups attached to an aromatic ring is 1. The first-order valence-electron chi connectivity index (χ1n) is 6.93. The van der Waals surface area contributed by atoms with Crippen molar-refractivity contribution in [1.29, 1.82) is 0 Å². The average molecular weight is 271 g/mol. The zero-order chi connectivity index (χ0) is 14.8. The van der Waals surface area contributed by atoms with Crippen molar-refractivity contribution in [1.82, 2.24) is 9.55 Å². The summed E-state index contributed by atoms with van der Waals surface area (Å²) >= 11 is 0. The molecule has 0 aromatic carbocycles. The molecular formula is C16H21N3O. The van der Waals surface area contributed by atoms with E-state index >= 15 is 0 Å². The third-order valence-corrected chi connectivity index (χ3v) is 3.74. The van der Waals surface area contributed by atoms with Crippen LogP contribution in [0.5, 0.6) is 0 Å². The molecule has 2 rings (SSSR count). The van der Waals surface area contributed by atoms with Gasteiger partial charge in [-0.25, -0.2) is 4.79 Å². The minimum atomic E-state index is -0.481. The average Bonchev–Trinajstić information content (AvgIpc) is 2.62. The summed E-state index contributed by atoms with van der Waals surface area (Å²) in [4.78, 5) is 15.9. The molecule has 106 valence electrons. The molecule has 0 saturated carbocycles. The number of allylic oxidation sites excluding steroid dienone is 6. The molecule has 1 aromatic rings. The lowest BCUT2D eigenvalue weighted by molar-refractivity contribution is 0.428. The van der Waals surface area contributed by atoms with Crippen LogP contribution < -0.4 is 11.4 Å². The van der Waals surface area contributed by atoms with E-state index in [4.69, 9.17) is 5.73 Å². The monoisotopic (exact) mass is 271 g/mol. The number of rotatable bonds is 3. The van der Waals surface area contributed by atoms with Crippen LogP contribution in [0, 0.1) is 5.92 Å². The molecule has 1 aliphatic carbocycles. The second kappa shape index (κ2) is 5.49. The second-order valence-corrected chi connectivity index (χ2v) is 5.36. The molecule has 0 aliphatic heterocycles. The van der Waals surface area contributed by atoms with E-state index in [9.17, 15) is 4.79 Å². The molecule has 1 aliphatic rings. The lowest BCUT2D eigenvalue weighted by atomic mass is 9.94. The van der Waals surface area contributed by atoms with Gasteiger partial charge in [-0.2, -0.15) is 4.98 Å². The van der Waals surface area contributed by atoms with E-state index in [0.29, 0.717) is 5.92 Å². The summed E-state index contributed by atoms with van der Waals surface area (Å²) in [5.41, 5.74) is 6.00. The number of nitrogens with two attached hydrogens (primary N) is 1. The fourth-order valence-electron chi connectivity index (χ4n) is 2.36. The molecule has 1 aromatic heterocycles. The van der Waals surface area contributed by atoms with E-state index in [1.54, 1.807) is 16.8 Å². The first-order chi connectivity index (χ1) is 9.48. The van der Waals surface area contributed by atoms with Gasteiger partial charge in [0.2, 0.25) is 0 Å². The number of hydrogen-bond donors (Lipinski definition) is 1. The van der Waals surface area contributed by atoms with Crippen LogP contribution in [0.15, 0.2) is 53.0 Å². The van der Waals surface area contributed by atoms with Crippen molar-refractivity contribution < 1.29 is 0 Å². The second-order valence-electron chi connectivity index (χ2n) is 5.36. The van der Waals surface area contributed by atoms with E-state index in [2.05, 4.69) is 44.0 Å². The van der Waals surface area contributed by atoms with Gasteiger partial charge in [0, 0.05) is 6.20 Å². The summed E-state index contributed by atoms with van der Waals surface area (Å²) in [5.74, 6) is 0.699. The molecule has 4 heteroatoms. The highest BCUT2D eigenvalue weighted by Crippen LogP contribution is 2.27. The third-order valence-electron chi connectivity index (χ3n) is 3.74. The summed E-state index contributed by atoms with van der Waals surface area (Å²) in [6, 6.07) is 1.65. The lowest BCUT2D eigenvalue weighted by Gasteiger charge is -2.28. The van der Waals surface area contributed by atoms with Crippen LogP contribution in [0.4, 0.5) is 5.82 Å². The topological polar surface area (TPSA) is 60.9 Å². The van der Waals surface area contributed by atoms with E-state index in [0.717, 1.165) is 6.42 Å². The largest absolute Gasteiger partial charge is 0.383 e. The number of nitrogens with zero attached hydrogens (tertiary/aromatic N) is 2. The molecule has 1 heterocycles. The third kappa shape index (κ3) is 2.59. The van der Waals surface area contributed by atoms with Crippen molar-refractivity contribution in [2.24, 2.45) is 5.92 Å². The Bertz CT molecular complexity index is 637. The minimum absolute atomic E-state index is 0.250. The predicted octanol–water partition coefficient (Wildman–Crippen LogP) is 2.64. The fraction of sp³-hybridized carbons (Fsp3) is 0.375. The van der Waals surface area contributed by atoms with Crippen molar-refractivity contribution in [3.63, 3.8) is 0 Å². The number of aromatic nitrogens is 2. The van der Waals surface area contributed by atoms with Crippen LogP contribution in [0.3, 0.4) is 0 Å². The van der Waals surface area contributed by atoms with Crippen LogP contribution in [0.1, 0.15) is 27.2 Å². The normalized spacial score (nSPS) is 21.9. The van der Waals surface area contributed by atoms with Gasteiger partial charge in [-0.3, -0.25) is 4.57 Å². The molecule has 0 radical (unpaired) electrons.